The van der Waals surface area contributed by atoms with Crippen molar-refractivity contribution in [2.45, 2.75) is 45.1 Å². The number of carbonyl (C=O) groups is 1. The van der Waals surface area contributed by atoms with E-state index in [1.165, 1.54) is 11.1 Å². The first-order valence-corrected chi connectivity index (χ1v) is 11.8. The van der Waals surface area contributed by atoms with Gasteiger partial charge in [0.15, 0.2) is 0 Å². The van der Waals surface area contributed by atoms with E-state index < -0.39 is 0 Å². The van der Waals surface area contributed by atoms with Crippen LogP contribution in [0, 0.1) is 13.8 Å². The number of likely N-dealkylation sites (tertiary alicyclic amines) is 1. The van der Waals surface area contributed by atoms with Gasteiger partial charge in [-0.05, 0) is 62.9 Å². The van der Waals surface area contributed by atoms with Crippen molar-refractivity contribution in [1.82, 2.24) is 10.2 Å². The maximum absolute atomic E-state index is 12.7. The van der Waals surface area contributed by atoms with E-state index in [1.54, 1.807) is 0 Å². The number of benzene rings is 3. The van der Waals surface area contributed by atoms with Gasteiger partial charge in [-0.15, -0.1) is 0 Å². The average Bonchev–Trinajstić information content (AvgIpc) is 2.81. The molecule has 1 aliphatic rings. The summed E-state index contributed by atoms with van der Waals surface area (Å²) in [5, 5.41) is 3.26. The Hall–Kier alpha value is -2.91. The molecule has 1 aliphatic heterocycles. The second-order valence-corrected chi connectivity index (χ2v) is 9.13. The van der Waals surface area contributed by atoms with Gasteiger partial charge in [0.25, 0.3) is 5.91 Å². The van der Waals surface area contributed by atoms with Crippen molar-refractivity contribution in [1.29, 1.82) is 0 Å². The predicted molar refractivity (Wildman–Crippen MR) is 132 cm³/mol. The highest BCUT2D eigenvalue weighted by Crippen LogP contribution is 2.28. The number of hydrogen-bond acceptors (Lipinski definition) is 2. The standard InChI is InChI=1S/C29H34N2O/c1-22-19-23(2)21-26(20-22)29(32)30-27-13-16-31(17-14-27)18-15-28(24-9-5-3-6-10-24)25-11-7-4-8-12-25/h3-12,19-21,27-28H,13-18H2,1-2H3,(H,30,32). The summed E-state index contributed by atoms with van der Waals surface area (Å²) in [6.07, 6.45) is 3.13. The SMILES string of the molecule is Cc1cc(C)cc(C(=O)NC2CCN(CCC(c3ccccc3)c3ccccc3)CC2)c1. The summed E-state index contributed by atoms with van der Waals surface area (Å²) in [5.74, 6) is 0.475. The third-order valence-corrected chi connectivity index (χ3v) is 6.54. The number of amides is 1. The van der Waals surface area contributed by atoms with Gasteiger partial charge >= 0.3 is 0 Å². The Labute approximate surface area is 192 Å². The Balaban J connectivity index is 1.31. The topological polar surface area (TPSA) is 32.3 Å². The third kappa shape index (κ3) is 5.86. The first-order chi connectivity index (χ1) is 15.6. The molecule has 0 saturated carbocycles. The maximum atomic E-state index is 12.7. The molecule has 1 heterocycles. The second-order valence-electron chi connectivity index (χ2n) is 9.13. The Morgan fingerprint density at radius 1 is 0.875 bits per heavy atom. The van der Waals surface area contributed by atoms with E-state index in [0.717, 1.165) is 55.6 Å². The van der Waals surface area contributed by atoms with Crippen molar-refractivity contribution in [2.24, 2.45) is 0 Å². The van der Waals surface area contributed by atoms with Crippen molar-refractivity contribution in [2.75, 3.05) is 19.6 Å². The molecule has 0 unspecified atom stereocenters. The first-order valence-electron chi connectivity index (χ1n) is 11.8. The number of nitrogens with zero attached hydrogens (tertiary/aromatic N) is 1. The van der Waals surface area contributed by atoms with Gasteiger partial charge in [0, 0.05) is 30.6 Å². The normalized spacial score (nSPS) is 15.1. The van der Waals surface area contributed by atoms with Gasteiger partial charge in [-0.2, -0.15) is 0 Å². The summed E-state index contributed by atoms with van der Waals surface area (Å²) in [6, 6.07) is 28.0. The van der Waals surface area contributed by atoms with E-state index in [0.29, 0.717) is 5.92 Å². The molecule has 0 aromatic heterocycles. The molecule has 3 aromatic carbocycles. The molecule has 4 rings (SSSR count). The second kappa shape index (κ2) is 10.6. The fraction of sp³-hybridized carbons (Fsp3) is 0.345. The van der Waals surface area contributed by atoms with E-state index in [1.807, 2.05) is 26.0 Å². The monoisotopic (exact) mass is 426 g/mol. The van der Waals surface area contributed by atoms with Crippen molar-refractivity contribution in [3.8, 4) is 0 Å². The summed E-state index contributed by atoms with van der Waals surface area (Å²) in [5.41, 5.74) is 5.81. The van der Waals surface area contributed by atoms with Crippen molar-refractivity contribution < 1.29 is 4.79 Å². The molecule has 1 saturated heterocycles. The maximum Gasteiger partial charge on any atom is 0.251 e. The van der Waals surface area contributed by atoms with E-state index in [-0.39, 0.29) is 11.9 Å². The van der Waals surface area contributed by atoms with Gasteiger partial charge in [-0.25, -0.2) is 0 Å². The lowest BCUT2D eigenvalue weighted by atomic mass is 9.88. The molecule has 0 aliphatic carbocycles. The zero-order valence-electron chi connectivity index (χ0n) is 19.3. The summed E-state index contributed by atoms with van der Waals surface area (Å²) in [4.78, 5) is 15.3. The van der Waals surface area contributed by atoms with Gasteiger partial charge in [-0.1, -0.05) is 77.9 Å². The Kier molecular flexibility index (Phi) is 7.39. The van der Waals surface area contributed by atoms with E-state index in [4.69, 9.17) is 0 Å². The number of rotatable bonds is 7. The fourth-order valence-corrected chi connectivity index (χ4v) is 4.88. The molecule has 1 amide bonds. The van der Waals surface area contributed by atoms with Crippen molar-refractivity contribution in [3.63, 3.8) is 0 Å². The number of nitrogens with one attached hydrogen (secondary N) is 1. The molecule has 3 nitrogen and oxygen atoms in total. The molecule has 1 fully saturated rings. The van der Waals surface area contributed by atoms with Gasteiger partial charge in [-0.3, -0.25) is 4.79 Å². The fourth-order valence-electron chi connectivity index (χ4n) is 4.88. The average molecular weight is 427 g/mol. The lowest BCUT2D eigenvalue weighted by Crippen LogP contribution is -2.45. The third-order valence-electron chi connectivity index (χ3n) is 6.54. The highest BCUT2D eigenvalue weighted by atomic mass is 16.1. The van der Waals surface area contributed by atoms with Crippen LogP contribution in [0.4, 0.5) is 0 Å². The van der Waals surface area contributed by atoms with Crippen LogP contribution in [0.5, 0.6) is 0 Å². The minimum absolute atomic E-state index is 0.0588. The summed E-state index contributed by atoms with van der Waals surface area (Å²) < 4.78 is 0. The van der Waals surface area contributed by atoms with Crippen LogP contribution >= 0.6 is 0 Å². The van der Waals surface area contributed by atoms with Crippen LogP contribution in [0.15, 0.2) is 78.9 Å². The first kappa shape index (κ1) is 22.3. The van der Waals surface area contributed by atoms with Crippen LogP contribution in [0.3, 0.4) is 0 Å². The van der Waals surface area contributed by atoms with Gasteiger partial charge in [0.05, 0.1) is 0 Å². The molecule has 3 aromatic rings. The number of hydrogen-bond donors (Lipinski definition) is 1. The molecule has 166 valence electrons. The van der Waals surface area contributed by atoms with E-state index >= 15 is 0 Å². The number of piperidine rings is 1. The van der Waals surface area contributed by atoms with Gasteiger partial charge < -0.3 is 10.2 Å². The van der Waals surface area contributed by atoms with Crippen LogP contribution < -0.4 is 5.32 Å². The molecule has 0 bridgehead atoms. The van der Waals surface area contributed by atoms with Crippen molar-refractivity contribution in [3.05, 3.63) is 107 Å². The minimum Gasteiger partial charge on any atom is -0.349 e. The van der Waals surface area contributed by atoms with Crippen LogP contribution in [0.1, 0.15) is 57.8 Å². The molecule has 0 radical (unpaired) electrons. The zero-order valence-corrected chi connectivity index (χ0v) is 19.3. The lowest BCUT2D eigenvalue weighted by Gasteiger charge is -2.33. The molecule has 1 N–H and O–H groups in total. The summed E-state index contributed by atoms with van der Waals surface area (Å²) >= 11 is 0. The van der Waals surface area contributed by atoms with Crippen LogP contribution in [-0.2, 0) is 0 Å². The number of aryl methyl sites for hydroxylation is 2. The molecular formula is C29H34N2O. The van der Waals surface area contributed by atoms with E-state index in [9.17, 15) is 4.79 Å². The Morgan fingerprint density at radius 2 is 1.41 bits per heavy atom. The molecule has 32 heavy (non-hydrogen) atoms. The van der Waals surface area contributed by atoms with Crippen molar-refractivity contribution >= 4 is 5.91 Å². The highest BCUT2D eigenvalue weighted by Gasteiger charge is 2.23. The van der Waals surface area contributed by atoms with E-state index in [2.05, 4.69) is 76.9 Å². The summed E-state index contributed by atoms with van der Waals surface area (Å²) in [6.45, 7) is 7.23. The molecule has 3 heteroatoms. The highest BCUT2D eigenvalue weighted by molar-refractivity contribution is 5.94. The Morgan fingerprint density at radius 3 is 1.94 bits per heavy atom. The molecule has 0 spiro atoms. The molecular weight excluding hydrogens is 392 g/mol. The van der Waals surface area contributed by atoms with Gasteiger partial charge in [0.1, 0.15) is 0 Å². The molecule has 0 atom stereocenters. The largest absolute Gasteiger partial charge is 0.349 e. The number of carbonyl (C=O) groups excluding carboxylic acids is 1. The minimum atomic E-state index is 0.0588. The van der Waals surface area contributed by atoms with Crippen LogP contribution in [0.2, 0.25) is 0 Å². The summed E-state index contributed by atoms with van der Waals surface area (Å²) in [7, 11) is 0. The predicted octanol–water partition coefficient (Wildman–Crippen LogP) is 5.72. The van der Waals surface area contributed by atoms with Gasteiger partial charge in [0.2, 0.25) is 0 Å². The van der Waals surface area contributed by atoms with Crippen LogP contribution in [0.25, 0.3) is 0 Å². The smallest absolute Gasteiger partial charge is 0.251 e. The zero-order chi connectivity index (χ0) is 22.3. The Bertz CT molecular complexity index is 948. The van der Waals surface area contributed by atoms with Crippen LogP contribution in [-0.4, -0.2) is 36.5 Å². The lowest BCUT2D eigenvalue weighted by molar-refractivity contribution is 0.0910. The quantitative estimate of drug-likeness (QED) is 0.524.